The monoisotopic (exact) mass is 2160 g/mol. The van der Waals surface area contributed by atoms with Crippen molar-refractivity contribution in [3.05, 3.63) is 0 Å². The van der Waals surface area contributed by atoms with Gasteiger partial charge in [-0.15, -0.1) is 0 Å². The van der Waals surface area contributed by atoms with Gasteiger partial charge in [-0.05, 0) is 130 Å². The Labute approximate surface area is 859 Å². The van der Waals surface area contributed by atoms with Crippen molar-refractivity contribution < 1.29 is 98.3 Å². The zero-order valence-corrected chi connectivity index (χ0v) is 92.8. The minimum absolute atomic E-state index is 0.0385. The van der Waals surface area contributed by atoms with Gasteiger partial charge in [0.2, 0.25) is 0 Å². The molecule has 0 aliphatic carbocycles. The number of rotatable bonds is 60. The first-order valence-corrected chi connectivity index (χ1v) is 53.2. The Kier molecular flexibility index (Phi) is 86.3. The van der Waals surface area contributed by atoms with Crippen LogP contribution in [0.25, 0.3) is 0 Å². The third-order valence-electron chi connectivity index (χ3n) is 17.4. The Morgan fingerprint density at radius 3 is 0.683 bits per heavy atom. The number of amidine groups is 9. The van der Waals surface area contributed by atoms with E-state index in [9.17, 15) is 52.3 Å². The number of Topliss-reactive ketones (excluding diaryl/α,β-unsaturated/α-hetero) is 1. The lowest BCUT2D eigenvalue weighted by molar-refractivity contribution is -0.147. The summed E-state index contributed by atoms with van der Waals surface area (Å²) in [6, 6.07) is 0. The molecule has 0 amide bonds. The molecule has 0 saturated heterocycles. The number of carbonyl (C=O) groups excluding carboxylic acids is 1. The molecule has 0 aliphatic rings. The molecule has 139 heavy (non-hydrogen) atoms. The maximum absolute atomic E-state index is 12.6. The van der Waals surface area contributed by atoms with Crippen molar-refractivity contribution in [2.75, 3.05) is 135 Å². The second-order valence-electron chi connectivity index (χ2n) is 33.4. The average molecular weight is 2160 g/mol. The zero-order valence-electron chi connectivity index (χ0n) is 85.4. The predicted molar refractivity (Wildman–Crippen MR) is 589 cm³/mol. The van der Waals surface area contributed by atoms with E-state index in [2.05, 4.69) is 44.9 Å². The van der Waals surface area contributed by atoms with Crippen molar-refractivity contribution in [1.82, 2.24) is 0 Å². The quantitative estimate of drug-likeness (QED) is 0.0180. The summed E-state index contributed by atoms with van der Waals surface area (Å²) in [4.78, 5) is 144. The summed E-state index contributed by atoms with van der Waals surface area (Å²) in [5.41, 5.74) is 87.7. The number of halogens is 1. The van der Waals surface area contributed by atoms with Crippen molar-refractivity contribution in [3.63, 3.8) is 0 Å². The van der Waals surface area contributed by atoms with E-state index in [1.807, 2.05) is 34.6 Å². The first-order chi connectivity index (χ1) is 63.3. The van der Waals surface area contributed by atoms with Crippen LogP contribution in [-0.4, -0.2) is 374 Å². The summed E-state index contributed by atoms with van der Waals surface area (Å²) in [6.45, 7) is 43.5. The van der Waals surface area contributed by atoms with Crippen LogP contribution in [0.5, 0.6) is 0 Å². The van der Waals surface area contributed by atoms with Crippen LogP contribution in [-0.2, 0) is 47.9 Å². The number of nitrogens with two attached hydrogens (primary N) is 18. The minimum Gasteiger partial charge on any atom is -0.480 e. The van der Waals surface area contributed by atoms with Crippen molar-refractivity contribution in [2.24, 2.45) is 148 Å². The van der Waals surface area contributed by atoms with Gasteiger partial charge in [0.15, 0.2) is 11.3 Å². The number of aliphatic carboxylic acids is 9. The fourth-order valence-corrected chi connectivity index (χ4v) is 16.4. The smallest absolute Gasteiger partial charge is 0.332 e. The third-order valence-corrected chi connectivity index (χ3v) is 30.0. The second kappa shape index (κ2) is 80.2. The van der Waals surface area contributed by atoms with Crippen molar-refractivity contribution in [1.29, 1.82) is 0 Å². The summed E-state index contributed by atoms with van der Waals surface area (Å²) in [5.74, 6) is -0.205. The van der Waals surface area contributed by atoms with Gasteiger partial charge < -0.3 is 149 Å². The van der Waals surface area contributed by atoms with E-state index < -0.39 is 121 Å². The molecule has 0 aromatic carbocycles. The van der Waals surface area contributed by atoms with Crippen LogP contribution >= 0.6 is 106 Å². The first kappa shape index (κ1) is 150. The summed E-state index contributed by atoms with van der Waals surface area (Å²) >= 11 is 12.9. The van der Waals surface area contributed by atoms with Gasteiger partial charge in [-0.3, -0.25) is 88.1 Å². The highest BCUT2D eigenvalue weighted by molar-refractivity contribution is 8.01. The number of hydrogen-bond donors (Lipinski definition) is 27. The Hall–Kier alpha value is -7.15. The zero-order chi connectivity index (χ0) is 111. The molecule has 45 N–H and O–H groups in total. The summed E-state index contributed by atoms with van der Waals surface area (Å²) < 4.78 is 12.6. The van der Waals surface area contributed by atoms with Crippen molar-refractivity contribution in [2.45, 2.75) is 266 Å². The number of carbonyl (C=O) groups is 10. The molecule has 0 aromatic heterocycles. The standard InChI is InChI=1S/3C10H21N3O2S.C9H18FN3O2S.C9H17N3O3S.3C9H19N3O2S.C8H17N3O2S/c1-4-8(5-13-7(2)11)16-6-10(3,12)9(14)15;2*1-4-10(12,9(14)15)6-16-7(2)5-13-8(3)11;1-6(11)13-4-7(3-10)16-5-9(2,12)8(14)15;1-6(13)9(11,8(14)15)5-16-4-3-12-7(2)10;2*1-6(4-12-7(2)10)15-5-9(3,11)8(13)14;1-3-9(11,8(13)14)6-15-5-4-12-7(2)10;1-6(9)11-3-4-14-5-8(2,10)7(12)13/h8H,4-6,12H2,1-3H3,(H2,11,13)(H,14,15);2*7H,4-6,12H2,1-3H3,(H2,11,13)(H,14,15);7H,3-5,12H2,1-2H3,(H2,11,13)(H,14,15);3-5,11H2,1-2H3,(H2,10,12)(H,14,15);2*6H,4-5,11H2,1-3H3,(H2,10,12)(H,13,14);3-6,11H2,1-2H3,(H2,10,12)(H,13,14);3-5,10H2,1-2H3,(H2,9,11)(H,12,13)/t8?,10-;2*7-,10+;7-,9+;9-;6-,9+;6-,9-;9-;8-/m011111000/s1. The molecule has 0 bridgehead atoms. The van der Waals surface area contributed by atoms with Gasteiger partial charge >= 0.3 is 53.7 Å². The molecule has 0 saturated carbocycles. The second-order valence-corrected chi connectivity index (χ2v) is 45.0. The molecule has 0 rings (SSSR count). The van der Waals surface area contributed by atoms with E-state index in [0.29, 0.717) is 170 Å². The van der Waals surface area contributed by atoms with Crippen LogP contribution in [0.3, 0.4) is 0 Å². The Balaban J connectivity index is -0.000000195. The van der Waals surface area contributed by atoms with Crippen LogP contribution in [0.15, 0.2) is 44.9 Å². The molecule has 0 heterocycles. The topological polar surface area (TPSA) is 932 Å². The van der Waals surface area contributed by atoms with E-state index in [0.717, 1.165) is 29.7 Å². The molecule has 0 aliphatic heterocycles. The highest BCUT2D eigenvalue weighted by atomic mass is 32.2. The van der Waals surface area contributed by atoms with Crippen LogP contribution in [0.1, 0.15) is 185 Å². The van der Waals surface area contributed by atoms with Gasteiger partial charge in [-0.1, -0.05) is 55.4 Å². The van der Waals surface area contributed by atoms with Gasteiger partial charge in [0.25, 0.3) is 0 Å². The number of nitrogens with zero attached hydrogens (tertiary/aromatic N) is 9. The van der Waals surface area contributed by atoms with E-state index >= 15 is 0 Å². The number of thioether (sulfide) groups is 9. The van der Waals surface area contributed by atoms with Gasteiger partial charge in [-0.25, -0.2) is 9.18 Å². The summed E-state index contributed by atoms with van der Waals surface area (Å²) in [7, 11) is 0. The molecule has 1 unspecified atom stereocenters. The largest absolute Gasteiger partial charge is 0.480 e. The Morgan fingerprint density at radius 2 is 0.475 bits per heavy atom. The molecule has 814 valence electrons. The first-order valence-electron chi connectivity index (χ1n) is 43.4. The molecule has 0 aromatic rings. The highest BCUT2D eigenvalue weighted by Gasteiger charge is 2.40. The maximum atomic E-state index is 12.6. The normalized spacial score (nSPS) is 17.3. The molecule has 56 heteroatoms. The van der Waals surface area contributed by atoms with E-state index in [4.69, 9.17) is 149 Å². The number of alkyl halides is 1. The molecule has 0 spiro atoms. The van der Waals surface area contributed by atoms with Gasteiger partial charge in [0.1, 0.15) is 51.0 Å². The number of hydrogen-bond acceptors (Lipinski definition) is 37. The Morgan fingerprint density at radius 1 is 0.273 bits per heavy atom. The predicted octanol–water partition coefficient (Wildman–Crippen LogP) is 2.50. The van der Waals surface area contributed by atoms with Crippen LogP contribution in [0.2, 0.25) is 0 Å². The third kappa shape index (κ3) is 86.1. The minimum atomic E-state index is -1.80. The lowest BCUT2D eigenvalue weighted by Gasteiger charge is -2.23. The summed E-state index contributed by atoms with van der Waals surface area (Å²) in [5, 5.41) is 80.3. The summed E-state index contributed by atoms with van der Waals surface area (Å²) in [6.07, 6.45) is 2.17. The highest BCUT2D eigenvalue weighted by Crippen LogP contribution is 2.25. The fourth-order valence-electron chi connectivity index (χ4n) is 7.23. The average Bonchev–Trinajstić information content (AvgIpc) is 0.857. The molecule has 15 atom stereocenters. The number of aliphatic imine (C=N–C) groups is 9. The lowest BCUT2D eigenvalue weighted by Crippen LogP contribution is -2.56. The van der Waals surface area contributed by atoms with Gasteiger partial charge in [-0.2, -0.15) is 106 Å². The van der Waals surface area contributed by atoms with Crippen molar-refractivity contribution in [3.8, 4) is 0 Å². The van der Waals surface area contributed by atoms with E-state index in [-0.39, 0.29) is 44.3 Å². The molecule has 46 nitrogen and oxygen atoms in total. The fraction of sp³-hybridized carbons (Fsp3) is 0.771. The number of ketones is 1. The molecule has 0 fully saturated rings. The number of carboxylic acids is 9. The van der Waals surface area contributed by atoms with E-state index in [1.165, 1.54) is 136 Å². The SMILES string of the molecule is CC(=O)[C@](N)(CSCCN=C(C)N)C(=O)O.CC(N)=NCCSC[C@](C)(N)C(=O)O.CC(N)=NC[C@@H](C)SC[C@](C)(N)C(=O)O.CC(N)=NC[C@@H](CF)SC[C@](C)(N)C(=O)O.CC(N)=NC[C@H](C)SC[C@](C)(N)C(=O)O.CCC(CN=C(C)N)SC[C@](C)(N)C(=O)O.CC[C@](N)(CSCCN=C(C)N)C(=O)O.CC[C@](N)(CS[C@H](C)CN=C(C)N)C(=O)O.CC[C@](N)(CS[C@H](C)CN=C(C)N)C(=O)O. The maximum Gasteiger partial charge on any atom is 0.332 e. The van der Waals surface area contributed by atoms with Crippen LogP contribution in [0.4, 0.5) is 4.39 Å². The van der Waals surface area contributed by atoms with E-state index in [1.54, 1.807) is 83.1 Å². The van der Waals surface area contributed by atoms with Gasteiger partial charge in [0, 0.05) is 115 Å². The molecule has 0 radical (unpaired) electrons. The Bertz CT molecular complexity index is 3670. The van der Waals surface area contributed by atoms with Crippen LogP contribution < -0.4 is 103 Å². The lowest BCUT2D eigenvalue weighted by atomic mass is 9.99. The molecular formula is C83H172FN27O19S9. The van der Waals surface area contributed by atoms with Crippen molar-refractivity contribution >= 4 is 218 Å². The number of carboxylic acid groups (broad SMARTS) is 9. The van der Waals surface area contributed by atoms with Crippen LogP contribution in [0, 0.1) is 0 Å². The molecular weight excluding hydrogens is 1990 g/mol. The van der Waals surface area contributed by atoms with Gasteiger partial charge in [0.05, 0.1) is 97.0 Å².